The van der Waals surface area contributed by atoms with Crippen molar-refractivity contribution >= 4 is 11.6 Å². The van der Waals surface area contributed by atoms with Crippen LogP contribution in [0.25, 0.3) is 0 Å². The van der Waals surface area contributed by atoms with Crippen LogP contribution in [0.3, 0.4) is 0 Å². The zero-order valence-electron chi connectivity index (χ0n) is 13.5. The number of hydrogen-bond donors (Lipinski definition) is 0. The standard InChI is InChI=1S/C17H18F3N3O/c1-11(10-23-12(2)9-15(21-23)17(18,19)20)16(24)22-8-7-13-5-3-4-6-14(13)22/h3-6,9,11H,7-8,10H2,1-2H3/t11-/m1/s1. The lowest BCUT2D eigenvalue weighted by Gasteiger charge is -2.22. The van der Waals surface area contributed by atoms with Crippen LogP contribution in [0.4, 0.5) is 18.9 Å². The average molecular weight is 337 g/mol. The highest BCUT2D eigenvalue weighted by Crippen LogP contribution is 2.30. The first-order chi connectivity index (χ1) is 11.3. The molecule has 0 saturated carbocycles. The lowest BCUT2D eigenvalue weighted by atomic mass is 10.1. The Morgan fingerprint density at radius 2 is 2.04 bits per heavy atom. The Hall–Kier alpha value is -2.31. The maximum Gasteiger partial charge on any atom is 0.435 e. The van der Waals surface area contributed by atoms with E-state index in [2.05, 4.69) is 5.10 Å². The second-order valence-electron chi connectivity index (χ2n) is 6.12. The van der Waals surface area contributed by atoms with Crippen LogP contribution in [0.15, 0.2) is 30.3 Å². The highest BCUT2D eigenvalue weighted by atomic mass is 19.4. The summed E-state index contributed by atoms with van der Waals surface area (Å²) in [6, 6.07) is 8.70. The molecule has 128 valence electrons. The zero-order chi connectivity index (χ0) is 17.5. The number of aromatic nitrogens is 2. The van der Waals surface area contributed by atoms with Gasteiger partial charge in [0.2, 0.25) is 5.91 Å². The fourth-order valence-corrected chi connectivity index (χ4v) is 3.00. The molecule has 0 radical (unpaired) electrons. The first kappa shape index (κ1) is 16.5. The Kier molecular flexibility index (Phi) is 4.11. The third kappa shape index (κ3) is 3.02. The number of carbonyl (C=O) groups excluding carboxylic acids is 1. The maximum absolute atomic E-state index is 12.7. The Bertz CT molecular complexity index is 767. The molecule has 0 spiro atoms. The molecule has 0 fully saturated rings. The van der Waals surface area contributed by atoms with Crippen LogP contribution in [0.2, 0.25) is 0 Å². The van der Waals surface area contributed by atoms with Gasteiger partial charge in [0, 0.05) is 17.9 Å². The number of amides is 1. The highest BCUT2D eigenvalue weighted by Gasteiger charge is 2.35. The zero-order valence-corrected chi connectivity index (χ0v) is 13.5. The molecule has 0 saturated heterocycles. The molecule has 0 aliphatic carbocycles. The third-order valence-corrected chi connectivity index (χ3v) is 4.29. The number of para-hydroxylation sites is 1. The number of aryl methyl sites for hydroxylation is 1. The van der Waals surface area contributed by atoms with Crippen LogP contribution in [0, 0.1) is 12.8 Å². The fraction of sp³-hybridized carbons (Fsp3) is 0.412. The predicted molar refractivity (Wildman–Crippen MR) is 83.6 cm³/mol. The van der Waals surface area contributed by atoms with E-state index in [4.69, 9.17) is 0 Å². The molecule has 0 N–H and O–H groups in total. The number of anilines is 1. The first-order valence-corrected chi connectivity index (χ1v) is 7.78. The van der Waals surface area contributed by atoms with Crippen molar-refractivity contribution in [3.63, 3.8) is 0 Å². The van der Waals surface area contributed by atoms with Crippen LogP contribution in [-0.4, -0.2) is 22.2 Å². The van der Waals surface area contributed by atoms with Gasteiger partial charge in [0.1, 0.15) is 0 Å². The molecular formula is C17H18F3N3O. The van der Waals surface area contributed by atoms with Gasteiger partial charge < -0.3 is 4.90 Å². The fourth-order valence-electron chi connectivity index (χ4n) is 3.00. The minimum Gasteiger partial charge on any atom is -0.312 e. The number of rotatable bonds is 3. The van der Waals surface area contributed by atoms with Crippen LogP contribution >= 0.6 is 0 Å². The predicted octanol–water partition coefficient (Wildman–Crippen LogP) is 3.44. The van der Waals surface area contributed by atoms with Gasteiger partial charge in [-0.05, 0) is 31.0 Å². The van der Waals surface area contributed by atoms with Gasteiger partial charge in [-0.3, -0.25) is 9.48 Å². The molecule has 1 aliphatic rings. The van der Waals surface area contributed by atoms with Crippen molar-refractivity contribution in [2.45, 2.75) is 33.0 Å². The summed E-state index contributed by atoms with van der Waals surface area (Å²) in [5, 5.41) is 3.60. The summed E-state index contributed by atoms with van der Waals surface area (Å²) in [6.07, 6.45) is -3.68. The van der Waals surface area contributed by atoms with Crippen molar-refractivity contribution in [1.82, 2.24) is 9.78 Å². The molecule has 1 aliphatic heterocycles. The van der Waals surface area contributed by atoms with E-state index in [0.717, 1.165) is 23.7 Å². The average Bonchev–Trinajstić information content (AvgIpc) is 3.10. The van der Waals surface area contributed by atoms with Gasteiger partial charge in [-0.15, -0.1) is 0 Å². The van der Waals surface area contributed by atoms with Gasteiger partial charge in [0.15, 0.2) is 5.69 Å². The van der Waals surface area contributed by atoms with E-state index in [1.54, 1.807) is 18.7 Å². The molecule has 1 aromatic heterocycles. The summed E-state index contributed by atoms with van der Waals surface area (Å²) in [4.78, 5) is 14.4. The van der Waals surface area contributed by atoms with Crippen LogP contribution in [0.5, 0.6) is 0 Å². The molecule has 7 heteroatoms. The van der Waals surface area contributed by atoms with E-state index in [9.17, 15) is 18.0 Å². The number of halogens is 3. The second-order valence-corrected chi connectivity index (χ2v) is 6.12. The largest absolute Gasteiger partial charge is 0.435 e. The van der Waals surface area contributed by atoms with Crippen molar-refractivity contribution in [2.24, 2.45) is 5.92 Å². The molecule has 1 aromatic carbocycles. The molecule has 24 heavy (non-hydrogen) atoms. The molecule has 2 aromatic rings. The number of fused-ring (bicyclic) bond motifs is 1. The number of alkyl halides is 3. The number of carbonyl (C=O) groups is 1. The molecule has 3 rings (SSSR count). The van der Waals surface area contributed by atoms with E-state index >= 15 is 0 Å². The molecule has 1 atom stereocenters. The first-order valence-electron chi connectivity index (χ1n) is 7.78. The smallest absolute Gasteiger partial charge is 0.312 e. The minimum atomic E-state index is -4.48. The molecule has 0 bridgehead atoms. The third-order valence-electron chi connectivity index (χ3n) is 4.29. The summed E-state index contributed by atoms with van der Waals surface area (Å²) in [6.45, 7) is 4.01. The van der Waals surface area contributed by atoms with Crippen molar-refractivity contribution in [3.8, 4) is 0 Å². The van der Waals surface area contributed by atoms with Gasteiger partial charge in [-0.25, -0.2) is 0 Å². The van der Waals surface area contributed by atoms with Crippen molar-refractivity contribution in [3.05, 3.63) is 47.3 Å². The maximum atomic E-state index is 12.7. The summed E-state index contributed by atoms with van der Waals surface area (Å²) >= 11 is 0. The Morgan fingerprint density at radius 1 is 1.33 bits per heavy atom. The summed E-state index contributed by atoms with van der Waals surface area (Å²) in [5.74, 6) is -0.556. The van der Waals surface area contributed by atoms with E-state index in [0.29, 0.717) is 12.2 Å². The van der Waals surface area contributed by atoms with Gasteiger partial charge in [0.05, 0.1) is 12.5 Å². The second kappa shape index (κ2) is 5.96. The molecule has 1 amide bonds. The molecule has 4 nitrogen and oxygen atoms in total. The minimum absolute atomic E-state index is 0.0941. The molecular weight excluding hydrogens is 319 g/mol. The summed E-state index contributed by atoms with van der Waals surface area (Å²) < 4.78 is 39.5. The van der Waals surface area contributed by atoms with E-state index in [1.165, 1.54) is 4.68 Å². The van der Waals surface area contributed by atoms with Crippen LogP contribution in [0.1, 0.15) is 23.9 Å². The normalized spacial score (nSPS) is 15.5. The molecule has 2 heterocycles. The Morgan fingerprint density at radius 3 is 2.71 bits per heavy atom. The quantitative estimate of drug-likeness (QED) is 0.860. The monoisotopic (exact) mass is 337 g/mol. The van der Waals surface area contributed by atoms with E-state index in [-0.39, 0.29) is 12.5 Å². The Balaban J connectivity index is 1.75. The van der Waals surface area contributed by atoms with Gasteiger partial charge in [-0.1, -0.05) is 25.1 Å². The van der Waals surface area contributed by atoms with E-state index < -0.39 is 17.8 Å². The van der Waals surface area contributed by atoms with Gasteiger partial charge >= 0.3 is 6.18 Å². The van der Waals surface area contributed by atoms with Gasteiger partial charge in [-0.2, -0.15) is 18.3 Å². The van der Waals surface area contributed by atoms with Crippen molar-refractivity contribution in [2.75, 3.05) is 11.4 Å². The van der Waals surface area contributed by atoms with Gasteiger partial charge in [0.25, 0.3) is 0 Å². The number of benzene rings is 1. The van der Waals surface area contributed by atoms with Crippen LogP contribution < -0.4 is 4.90 Å². The Labute approximate surface area is 137 Å². The SMILES string of the molecule is Cc1cc(C(F)(F)F)nn1C[C@@H](C)C(=O)N1CCc2ccccc21. The number of hydrogen-bond acceptors (Lipinski definition) is 2. The van der Waals surface area contributed by atoms with Crippen molar-refractivity contribution < 1.29 is 18.0 Å². The van der Waals surface area contributed by atoms with Crippen LogP contribution in [-0.2, 0) is 23.9 Å². The number of nitrogens with zero attached hydrogens (tertiary/aromatic N) is 3. The van der Waals surface area contributed by atoms with E-state index in [1.807, 2.05) is 24.3 Å². The summed E-state index contributed by atoms with van der Waals surface area (Å²) in [7, 11) is 0. The lowest BCUT2D eigenvalue weighted by Crippen LogP contribution is -2.35. The summed E-state index contributed by atoms with van der Waals surface area (Å²) in [5.41, 5.74) is 1.48. The topological polar surface area (TPSA) is 38.1 Å². The van der Waals surface area contributed by atoms with Crippen molar-refractivity contribution in [1.29, 1.82) is 0 Å². The highest BCUT2D eigenvalue weighted by molar-refractivity contribution is 5.96. The lowest BCUT2D eigenvalue weighted by molar-refractivity contribution is -0.141. The molecule has 0 unspecified atom stereocenters.